The van der Waals surface area contributed by atoms with E-state index in [0.29, 0.717) is 23.5 Å². The number of imide groups is 1. The number of carbonyl (C=O) groups is 3. The molecule has 33 heavy (non-hydrogen) atoms. The Morgan fingerprint density at radius 2 is 1.73 bits per heavy atom. The first-order valence-electron chi connectivity index (χ1n) is 11.4. The van der Waals surface area contributed by atoms with Crippen LogP contribution in [0.3, 0.4) is 0 Å². The summed E-state index contributed by atoms with van der Waals surface area (Å²) in [5, 5.41) is 3.17. The molecule has 2 fully saturated rings. The maximum absolute atomic E-state index is 13.3. The first-order valence-corrected chi connectivity index (χ1v) is 11.7. The van der Waals surface area contributed by atoms with Gasteiger partial charge in [-0.25, -0.2) is 9.88 Å². The highest BCUT2D eigenvalue weighted by atomic mass is 35.5. The smallest absolute Gasteiger partial charge is 0.242 e. The zero-order valence-corrected chi connectivity index (χ0v) is 20.7. The Morgan fingerprint density at radius 1 is 1.09 bits per heavy atom. The molecule has 0 aromatic carbocycles. The third-order valence-electron chi connectivity index (χ3n) is 6.36. The van der Waals surface area contributed by atoms with Crippen LogP contribution in [0.1, 0.15) is 73.3 Å². The highest BCUT2D eigenvalue weighted by Crippen LogP contribution is 2.39. The Bertz CT molecular complexity index is 1100. The molecule has 2 aliphatic rings. The number of nitrogens with zero attached hydrogens (tertiary/aromatic N) is 5. The van der Waals surface area contributed by atoms with Crippen LogP contribution in [0, 0.1) is 16.7 Å². The van der Waals surface area contributed by atoms with Crippen molar-refractivity contribution in [1.82, 2.24) is 24.8 Å². The fourth-order valence-corrected chi connectivity index (χ4v) is 4.81. The van der Waals surface area contributed by atoms with E-state index in [1.165, 1.54) is 0 Å². The fourth-order valence-electron chi connectivity index (χ4n) is 4.60. The van der Waals surface area contributed by atoms with Crippen LogP contribution >= 0.6 is 11.6 Å². The second kappa shape index (κ2) is 8.04. The summed E-state index contributed by atoms with van der Waals surface area (Å²) >= 11 is 6.48. The monoisotopic (exact) mass is 474 g/mol. The molecule has 1 aliphatic carbocycles. The van der Waals surface area contributed by atoms with E-state index < -0.39 is 22.6 Å². The van der Waals surface area contributed by atoms with Crippen molar-refractivity contribution in [2.24, 2.45) is 16.7 Å². The maximum Gasteiger partial charge on any atom is 0.242 e. The van der Waals surface area contributed by atoms with Gasteiger partial charge in [0.2, 0.25) is 23.7 Å². The lowest BCUT2D eigenvalue weighted by Crippen LogP contribution is -2.50. The Morgan fingerprint density at radius 3 is 2.33 bits per heavy atom. The lowest BCUT2D eigenvalue weighted by Gasteiger charge is -2.40. The van der Waals surface area contributed by atoms with Gasteiger partial charge >= 0.3 is 0 Å². The van der Waals surface area contributed by atoms with E-state index in [2.05, 4.69) is 20.3 Å². The van der Waals surface area contributed by atoms with Gasteiger partial charge in [-0.3, -0.25) is 14.4 Å². The molecule has 10 heteroatoms. The number of piperidine rings is 1. The Hall–Kier alpha value is -2.55. The summed E-state index contributed by atoms with van der Waals surface area (Å²) in [6.07, 6.45) is 4.94. The molecule has 178 valence electrons. The second-order valence-electron chi connectivity index (χ2n) is 11.2. The first-order chi connectivity index (χ1) is 15.3. The number of hydrogen-bond donors (Lipinski definition) is 1. The molecule has 0 radical (unpaired) electrons. The molecule has 1 aliphatic heterocycles. The number of hydrogen-bond acceptors (Lipinski definition) is 6. The highest BCUT2D eigenvalue weighted by molar-refractivity contribution is 6.33. The molecule has 1 N–H and O–H groups in total. The van der Waals surface area contributed by atoms with Crippen LogP contribution < -0.4 is 10.2 Å². The minimum atomic E-state index is -0.837. The van der Waals surface area contributed by atoms with Crippen molar-refractivity contribution in [2.75, 3.05) is 4.90 Å². The standard InChI is InChI=1S/C23H31ClN6O3/c1-22(2,3)19(32)30(20(33)23(4,5)6)21-27-17(24)16-18(28-21)29(11-25-16)14-8-7-12-9-13(14)26-15(31)10-12/h11-14H,7-10H2,1-6H3,(H,26,31). The average Bonchev–Trinajstić information content (AvgIpc) is 3.11. The molecule has 3 atom stereocenters. The van der Waals surface area contributed by atoms with Gasteiger partial charge in [-0.05, 0) is 25.2 Å². The van der Waals surface area contributed by atoms with Gasteiger partial charge in [0.05, 0.1) is 12.4 Å². The van der Waals surface area contributed by atoms with Gasteiger partial charge in [0.1, 0.15) is 5.52 Å². The van der Waals surface area contributed by atoms with Gasteiger partial charge in [0.15, 0.2) is 10.8 Å². The Labute approximate surface area is 198 Å². The Kier molecular flexibility index (Phi) is 5.75. The van der Waals surface area contributed by atoms with Crippen LogP contribution in [0.15, 0.2) is 6.33 Å². The molecule has 9 nitrogen and oxygen atoms in total. The van der Waals surface area contributed by atoms with Crippen molar-refractivity contribution in [3.05, 3.63) is 11.5 Å². The lowest BCUT2D eigenvalue weighted by atomic mass is 9.77. The number of rotatable bonds is 2. The molecule has 2 aromatic heterocycles. The van der Waals surface area contributed by atoms with E-state index in [1.54, 1.807) is 47.9 Å². The summed E-state index contributed by atoms with van der Waals surface area (Å²) in [6.45, 7) is 10.5. The zero-order valence-electron chi connectivity index (χ0n) is 20.0. The SMILES string of the molecule is CC(C)(C)C(=O)N(C(=O)C(C)(C)C)c1nc(Cl)c2ncn(C3CCC4CC(=O)NC3C4)c2n1. The van der Waals surface area contributed by atoms with Crippen LogP contribution in [-0.4, -0.2) is 43.3 Å². The zero-order chi connectivity index (χ0) is 24.3. The van der Waals surface area contributed by atoms with Crippen LogP contribution in [-0.2, 0) is 14.4 Å². The molecule has 3 heterocycles. The van der Waals surface area contributed by atoms with E-state index in [1.807, 2.05) is 4.57 Å². The van der Waals surface area contributed by atoms with Gasteiger partial charge < -0.3 is 9.88 Å². The normalized spacial score (nSPS) is 23.4. The Balaban J connectivity index is 1.82. The van der Waals surface area contributed by atoms with E-state index >= 15 is 0 Å². The molecule has 1 saturated heterocycles. The number of nitrogens with one attached hydrogen (secondary N) is 1. The van der Waals surface area contributed by atoms with Gasteiger partial charge in [-0.15, -0.1) is 0 Å². The van der Waals surface area contributed by atoms with E-state index in [0.717, 1.165) is 24.2 Å². The first kappa shape index (κ1) is 23.6. The molecule has 2 bridgehead atoms. The molecule has 4 rings (SSSR count). The second-order valence-corrected chi connectivity index (χ2v) is 11.6. The van der Waals surface area contributed by atoms with Crippen molar-refractivity contribution in [1.29, 1.82) is 0 Å². The van der Waals surface area contributed by atoms with Crippen LogP contribution in [0.4, 0.5) is 5.95 Å². The van der Waals surface area contributed by atoms with E-state index in [-0.39, 0.29) is 29.1 Å². The minimum Gasteiger partial charge on any atom is -0.351 e. The minimum absolute atomic E-state index is 0.0249. The average molecular weight is 475 g/mol. The summed E-state index contributed by atoms with van der Waals surface area (Å²) in [6, 6.07) is -0.0671. The molecule has 3 amide bonds. The largest absolute Gasteiger partial charge is 0.351 e. The van der Waals surface area contributed by atoms with Crippen molar-refractivity contribution in [3.8, 4) is 0 Å². The summed E-state index contributed by atoms with van der Waals surface area (Å²) in [5.41, 5.74) is -0.828. The number of carbonyl (C=O) groups excluding carboxylic acids is 3. The van der Waals surface area contributed by atoms with Crippen LogP contribution in [0.25, 0.3) is 11.2 Å². The molecule has 3 unspecified atom stereocenters. The predicted octanol–water partition coefficient (Wildman–Crippen LogP) is 3.66. The summed E-state index contributed by atoms with van der Waals surface area (Å²) < 4.78 is 1.90. The quantitative estimate of drug-likeness (QED) is 0.665. The van der Waals surface area contributed by atoms with Crippen LogP contribution in [0.2, 0.25) is 5.15 Å². The van der Waals surface area contributed by atoms with Crippen LogP contribution in [0.5, 0.6) is 0 Å². The van der Waals surface area contributed by atoms with Gasteiger partial charge in [-0.2, -0.15) is 9.97 Å². The highest BCUT2D eigenvalue weighted by Gasteiger charge is 2.41. The molecule has 0 spiro atoms. The summed E-state index contributed by atoms with van der Waals surface area (Å²) in [4.78, 5) is 53.2. The topological polar surface area (TPSA) is 110 Å². The number of amides is 3. The van der Waals surface area contributed by atoms with Gasteiger partial charge in [0, 0.05) is 23.3 Å². The van der Waals surface area contributed by atoms with Crippen molar-refractivity contribution in [3.63, 3.8) is 0 Å². The lowest BCUT2D eigenvalue weighted by molar-refractivity contribution is -0.135. The maximum atomic E-state index is 13.3. The third-order valence-corrected chi connectivity index (χ3v) is 6.62. The van der Waals surface area contributed by atoms with E-state index in [4.69, 9.17) is 11.6 Å². The summed E-state index contributed by atoms with van der Waals surface area (Å²) in [7, 11) is 0. The third kappa shape index (κ3) is 4.35. The summed E-state index contributed by atoms with van der Waals surface area (Å²) in [5.74, 6) is -0.423. The predicted molar refractivity (Wildman–Crippen MR) is 125 cm³/mol. The molecular weight excluding hydrogens is 444 g/mol. The number of aromatic nitrogens is 4. The van der Waals surface area contributed by atoms with Crippen molar-refractivity contribution < 1.29 is 14.4 Å². The number of halogens is 1. The van der Waals surface area contributed by atoms with Gasteiger partial charge in [0.25, 0.3) is 0 Å². The number of fused-ring (bicyclic) bond motifs is 3. The van der Waals surface area contributed by atoms with Gasteiger partial charge in [-0.1, -0.05) is 53.1 Å². The molecule has 2 aromatic rings. The molecule has 1 saturated carbocycles. The number of imidazole rings is 1. The molecular formula is C23H31ClN6O3. The fraction of sp³-hybridized carbons (Fsp3) is 0.652. The van der Waals surface area contributed by atoms with Crippen molar-refractivity contribution in [2.45, 2.75) is 79.3 Å². The van der Waals surface area contributed by atoms with Crippen molar-refractivity contribution >= 4 is 46.4 Å². The van der Waals surface area contributed by atoms with E-state index in [9.17, 15) is 14.4 Å². The number of anilines is 1.